The monoisotopic (exact) mass is 288 g/mol. The second-order valence-electron chi connectivity index (χ2n) is 4.59. The summed E-state index contributed by atoms with van der Waals surface area (Å²) in [6, 6.07) is 4.70. The number of nitrogens with zero attached hydrogens (tertiary/aromatic N) is 1. The molecule has 2 unspecified atom stereocenters. The van der Waals surface area contributed by atoms with Gasteiger partial charge in [-0.05, 0) is 36.0 Å². The van der Waals surface area contributed by atoms with Crippen molar-refractivity contribution in [2.45, 2.75) is 18.9 Å². The van der Waals surface area contributed by atoms with E-state index in [-0.39, 0.29) is 24.8 Å². The third-order valence-electron chi connectivity index (χ3n) is 3.48. The third kappa shape index (κ3) is 2.97. The van der Waals surface area contributed by atoms with Crippen LogP contribution in [-0.4, -0.2) is 24.7 Å². The summed E-state index contributed by atoms with van der Waals surface area (Å²) in [5.41, 5.74) is 2.67. The highest BCUT2D eigenvalue weighted by atomic mass is 35.5. The summed E-state index contributed by atoms with van der Waals surface area (Å²) in [7, 11) is 1.64. The van der Waals surface area contributed by atoms with Crippen LogP contribution in [0.15, 0.2) is 24.4 Å². The summed E-state index contributed by atoms with van der Waals surface area (Å²) in [6.45, 7) is 1.14. The number of fused-ring (bicyclic) bond motifs is 2. The molecule has 3 nitrogen and oxygen atoms in total. The van der Waals surface area contributed by atoms with Crippen LogP contribution in [0.5, 0.6) is 5.88 Å². The Morgan fingerprint density at radius 3 is 2.78 bits per heavy atom. The molecule has 2 atom stereocenters. The molecule has 2 bridgehead atoms. The molecular formula is C13H18Cl2N2O. The second-order valence-corrected chi connectivity index (χ2v) is 4.59. The normalized spacial score (nSPS) is 24.6. The molecule has 0 radical (unpaired) electrons. The van der Waals surface area contributed by atoms with Crippen molar-refractivity contribution >= 4 is 30.4 Å². The fourth-order valence-corrected chi connectivity index (χ4v) is 2.66. The molecule has 2 heterocycles. The Kier molecular flexibility index (Phi) is 5.45. The molecule has 1 saturated heterocycles. The fraction of sp³-hybridized carbons (Fsp3) is 0.462. The minimum absolute atomic E-state index is 0. The number of methoxy groups -OCH3 is 1. The van der Waals surface area contributed by atoms with Crippen molar-refractivity contribution in [3.05, 3.63) is 30.0 Å². The first-order chi connectivity index (χ1) is 7.85. The molecule has 0 spiro atoms. The van der Waals surface area contributed by atoms with Gasteiger partial charge >= 0.3 is 0 Å². The highest BCUT2D eigenvalue weighted by molar-refractivity contribution is 5.85. The summed E-state index contributed by atoms with van der Waals surface area (Å²) in [5.74, 6) is 1.40. The maximum atomic E-state index is 5.07. The van der Waals surface area contributed by atoms with Crippen LogP contribution >= 0.6 is 24.8 Å². The standard InChI is InChI=1S/C13H16N2O.2ClH/c1-16-13-3-2-10(8-15-13)11-4-9-5-12(6-11)14-7-9;;/h2-4,8-9,12,14H,5-7H2,1H3;2*1H. The number of pyridine rings is 1. The lowest BCUT2D eigenvalue weighted by molar-refractivity contribution is 0.398. The Labute approximate surface area is 120 Å². The van der Waals surface area contributed by atoms with Crippen LogP contribution < -0.4 is 10.1 Å². The Hall–Kier alpha value is -0.770. The van der Waals surface area contributed by atoms with Crippen LogP contribution in [0, 0.1) is 5.92 Å². The Morgan fingerprint density at radius 1 is 1.33 bits per heavy atom. The lowest BCUT2D eigenvalue weighted by atomic mass is 9.88. The van der Waals surface area contributed by atoms with Gasteiger partial charge in [0.25, 0.3) is 0 Å². The number of aromatic nitrogens is 1. The van der Waals surface area contributed by atoms with E-state index in [1.54, 1.807) is 7.11 Å². The second kappa shape index (κ2) is 6.41. The average Bonchev–Trinajstić information content (AvgIpc) is 2.68. The SMILES string of the molecule is COc1ccc(C2=CC3CNC(C2)C3)cn1.Cl.Cl. The molecule has 1 aliphatic carbocycles. The molecule has 0 saturated carbocycles. The molecule has 18 heavy (non-hydrogen) atoms. The van der Waals surface area contributed by atoms with Crippen molar-refractivity contribution in [2.24, 2.45) is 5.92 Å². The average molecular weight is 289 g/mol. The molecule has 1 aliphatic heterocycles. The maximum Gasteiger partial charge on any atom is 0.212 e. The number of hydrogen-bond acceptors (Lipinski definition) is 3. The summed E-state index contributed by atoms with van der Waals surface area (Å²) in [6.07, 6.45) is 6.74. The van der Waals surface area contributed by atoms with Crippen molar-refractivity contribution < 1.29 is 4.74 Å². The van der Waals surface area contributed by atoms with Gasteiger partial charge in [-0.2, -0.15) is 0 Å². The fourth-order valence-electron chi connectivity index (χ4n) is 2.66. The van der Waals surface area contributed by atoms with Crippen molar-refractivity contribution in [3.8, 4) is 5.88 Å². The van der Waals surface area contributed by atoms with Crippen LogP contribution in [0.3, 0.4) is 0 Å². The Morgan fingerprint density at radius 2 is 2.17 bits per heavy atom. The number of hydrogen-bond donors (Lipinski definition) is 1. The van der Waals surface area contributed by atoms with E-state index in [0.717, 1.165) is 18.9 Å². The summed E-state index contributed by atoms with van der Waals surface area (Å²) >= 11 is 0. The number of rotatable bonds is 2. The van der Waals surface area contributed by atoms with Gasteiger partial charge in [-0.25, -0.2) is 4.98 Å². The van der Waals surface area contributed by atoms with E-state index in [9.17, 15) is 0 Å². The summed E-state index contributed by atoms with van der Waals surface area (Å²) in [5, 5.41) is 3.54. The van der Waals surface area contributed by atoms with Crippen LogP contribution in [0.25, 0.3) is 5.57 Å². The van der Waals surface area contributed by atoms with Crippen LogP contribution in [-0.2, 0) is 0 Å². The van der Waals surface area contributed by atoms with Gasteiger partial charge in [-0.15, -0.1) is 24.8 Å². The summed E-state index contributed by atoms with van der Waals surface area (Å²) in [4.78, 5) is 4.26. The van der Waals surface area contributed by atoms with Gasteiger partial charge in [-0.3, -0.25) is 0 Å². The maximum absolute atomic E-state index is 5.07. The molecule has 100 valence electrons. The highest BCUT2D eigenvalue weighted by Gasteiger charge is 2.28. The van der Waals surface area contributed by atoms with Gasteiger partial charge in [0, 0.05) is 24.8 Å². The van der Waals surface area contributed by atoms with Crippen molar-refractivity contribution in [2.75, 3.05) is 13.7 Å². The minimum Gasteiger partial charge on any atom is -0.481 e. The van der Waals surface area contributed by atoms with Gasteiger partial charge < -0.3 is 10.1 Å². The Balaban J connectivity index is 0.000000810. The van der Waals surface area contributed by atoms with E-state index in [1.807, 2.05) is 12.3 Å². The van der Waals surface area contributed by atoms with Gasteiger partial charge in [0.15, 0.2) is 0 Å². The van der Waals surface area contributed by atoms with Crippen molar-refractivity contribution in [1.82, 2.24) is 10.3 Å². The van der Waals surface area contributed by atoms with Crippen LogP contribution in [0.4, 0.5) is 0 Å². The van der Waals surface area contributed by atoms with E-state index in [0.29, 0.717) is 11.9 Å². The zero-order valence-corrected chi connectivity index (χ0v) is 11.9. The van der Waals surface area contributed by atoms with Gasteiger partial charge in [-0.1, -0.05) is 6.08 Å². The molecule has 5 heteroatoms. The topological polar surface area (TPSA) is 34.1 Å². The first-order valence-corrected chi connectivity index (χ1v) is 5.79. The molecule has 1 fully saturated rings. The first-order valence-electron chi connectivity index (χ1n) is 5.79. The van der Waals surface area contributed by atoms with E-state index >= 15 is 0 Å². The molecule has 0 aromatic carbocycles. The van der Waals surface area contributed by atoms with E-state index in [2.05, 4.69) is 22.4 Å². The lowest BCUT2D eigenvalue weighted by Crippen LogP contribution is -2.21. The van der Waals surface area contributed by atoms with Gasteiger partial charge in [0.1, 0.15) is 0 Å². The third-order valence-corrected chi connectivity index (χ3v) is 3.48. The molecule has 2 aliphatic rings. The molecule has 1 N–H and O–H groups in total. The molecular weight excluding hydrogens is 271 g/mol. The predicted molar refractivity (Wildman–Crippen MR) is 77.8 cm³/mol. The molecule has 3 rings (SSSR count). The van der Waals surface area contributed by atoms with Crippen LogP contribution in [0.2, 0.25) is 0 Å². The van der Waals surface area contributed by atoms with Gasteiger partial charge in [0.05, 0.1) is 7.11 Å². The number of ether oxygens (including phenoxy) is 1. The quantitative estimate of drug-likeness (QED) is 0.909. The van der Waals surface area contributed by atoms with E-state index < -0.39 is 0 Å². The minimum atomic E-state index is 0. The van der Waals surface area contributed by atoms with E-state index in [1.165, 1.54) is 17.6 Å². The molecule has 0 amide bonds. The zero-order valence-electron chi connectivity index (χ0n) is 10.3. The highest BCUT2D eigenvalue weighted by Crippen LogP contribution is 2.33. The lowest BCUT2D eigenvalue weighted by Gasteiger charge is -2.18. The largest absolute Gasteiger partial charge is 0.481 e. The van der Waals surface area contributed by atoms with Gasteiger partial charge in [0.2, 0.25) is 5.88 Å². The first kappa shape index (κ1) is 15.3. The van der Waals surface area contributed by atoms with E-state index in [4.69, 9.17) is 4.74 Å². The van der Waals surface area contributed by atoms with Crippen molar-refractivity contribution in [3.63, 3.8) is 0 Å². The smallest absolute Gasteiger partial charge is 0.212 e. The van der Waals surface area contributed by atoms with Crippen LogP contribution in [0.1, 0.15) is 18.4 Å². The predicted octanol–water partition coefficient (Wildman–Crippen LogP) is 2.70. The molecule has 1 aromatic heterocycles. The molecule has 1 aromatic rings. The number of halogens is 2. The summed E-state index contributed by atoms with van der Waals surface area (Å²) < 4.78 is 5.07. The number of nitrogens with one attached hydrogen (secondary N) is 1. The van der Waals surface area contributed by atoms with Crippen molar-refractivity contribution in [1.29, 1.82) is 0 Å². The Bertz CT molecular complexity index is 420. The zero-order chi connectivity index (χ0) is 11.0.